The summed E-state index contributed by atoms with van der Waals surface area (Å²) in [4.78, 5) is 23.6. The number of carboxylic acids is 1. The van der Waals surface area contributed by atoms with E-state index >= 15 is 0 Å². The molecule has 26 heavy (non-hydrogen) atoms. The highest BCUT2D eigenvalue weighted by Crippen LogP contribution is 2.26. The molecule has 0 spiro atoms. The lowest BCUT2D eigenvalue weighted by Crippen LogP contribution is -2.08. The molecule has 4 aromatic carbocycles. The Hall–Kier alpha value is -3.66. The van der Waals surface area contributed by atoms with Gasteiger partial charge in [-0.3, -0.25) is 0 Å². The van der Waals surface area contributed by atoms with Crippen molar-refractivity contribution in [3.63, 3.8) is 0 Å². The molecule has 0 atom stereocenters. The van der Waals surface area contributed by atoms with Crippen molar-refractivity contribution in [2.45, 2.75) is 0 Å². The van der Waals surface area contributed by atoms with Gasteiger partial charge in [0.1, 0.15) is 5.75 Å². The quantitative estimate of drug-likeness (QED) is 0.424. The van der Waals surface area contributed by atoms with E-state index in [1.165, 1.54) is 6.07 Å². The molecule has 1 N–H and O–H groups in total. The minimum Gasteiger partial charge on any atom is -0.478 e. The first-order valence-corrected chi connectivity index (χ1v) is 8.09. The molecule has 0 bridgehead atoms. The van der Waals surface area contributed by atoms with Crippen LogP contribution in [0.4, 0.5) is 0 Å². The zero-order chi connectivity index (χ0) is 18.1. The summed E-state index contributed by atoms with van der Waals surface area (Å²) in [6.45, 7) is 0. The van der Waals surface area contributed by atoms with E-state index in [9.17, 15) is 9.59 Å². The van der Waals surface area contributed by atoms with Gasteiger partial charge in [0.05, 0.1) is 11.1 Å². The molecule has 4 rings (SSSR count). The predicted molar refractivity (Wildman–Crippen MR) is 99.8 cm³/mol. The molecule has 4 heteroatoms. The number of benzene rings is 4. The summed E-state index contributed by atoms with van der Waals surface area (Å²) in [5.74, 6) is -0.925. The highest BCUT2D eigenvalue weighted by atomic mass is 16.5. The lowest BCUT2D eigenvalue weighted by molar-refractivity contribution is 0.0694. The number of carboxylic acid groups (broad SMARTS) is 1. The van der Waals surface area contributed by atoms with Crippen LogP contribution in [0.1, 0.15) is 20.7 Å². The number of hydrogen-bond acceptors (Lipinski definition) is 3. The summed E-state index contributed by atoms with van der Waals surface area (Å²) >= 11 is 0. The molecule has 4 nitrogen and oxygen atoms in total. The fourth-order valence-electron chi connectivity index (χ4n) is 2.95. The molecule has 0 aliphatic carbocycles. The standard InChI is InChI=1S/C22H14O4/c23-21(24)17-10-8-16-13-18(11-9-15(16)12-17)22(25)26-20-7-3-5-14-4-1-2-6-19(14)20/h1-13H,(H,23,24). The third-order valence-corrected chi connectivity index (χ3v) is 4.28. The highest BCUT2D eigenvalue weighted by Gasteiger charge is 2.12. The fraction of sp³-hybridized carbons (Fsp3) is 0. The van der Waals surface area contributed by atoms with Crippen LogP contribution >= 0.6 is 0 Å². The van der Waals surface area contributed by atoms with E-state index in [0.717, 1.165) is 21.5 Å². The van der Waals surface area contributed by atoms with Crippen molar-refractivity contribution in [1.29, 1.82) is 0 Å². The average molecular weight is 342 g/mol. The molecule has 0 aliphatic rings. The SMILES string of the molecule is O=C(O)c1ccc2cc(C(=O)Oc3cccc4ccccc34)ccc2c1. The summed E-state index contributed by atoms with van der Waals surface area (Å²) < 4.78 is 5.59. The Kier molecular flexibility index (Phi) is 3.86. The van der Waals surface area contributed by atoms with Crippen LogP contribution in [-0.2, 0) is 0 Å². The number of carbonyl (C=O) groups is 2. The Bertz CT molecular complexity index is 1160. The molecule has 0 aromatic heterocycles. The van der Waals surface area contributed by atoms with Crippen LogP contribution in [0, 0.1) is 0 Å². The Labute approximate surface area is 149 Å². The largest absolute Gasteiger partial charge is 0.478 e. The maximum absolute atomic E-state index is 12.6. The lowest BCUT2D eigenvalue weighted by Gasteiger charge is -2.08. The number of aromatic carboxylic acids is 1. The van der Waals surface area contributed by atoms with Crippen molar-refractivity contribution >= 4 is 33.5 Å². The van der Waals surface area contributed by atoms with Crippen molar-refractivity contribution < 1.29 is 19.4 Å². The molecule has 4 aromatic rings. The number of fused-ring (bicyclic) bond motifs is 2. The van der Waals surface area contributed by atoms with Gasteiger partial charge in [-0.25, -0.2) is 9.59 Å². The van der Waals surface area contributed by atoms with Gasteiger partial charge in [-0.15, -0.1) is 0 Å². The molecule has 0 heterocycles. The van der Waals surface area contributed by atoms with Gasteiger partial charge >= 0.3 is 11.9 Å². The van der Waals surface area contributed by atoms with E-state index in [1.807, 2.05) is 36.4 Å². The molecule has 0 fully saturated rings. The zero-order valence-corrected chi connectivity index (χ0v) is 13.7. The summed E-state index contributed by atoms with van der Waals surface area (Å²) in [6, 6.07) is 23.1. The smallest absolute Gasteiger partial charge is 0.343 e. The number of hydrogen-bond donors (Lipinski definition) is 1. The van der Waals surface area contributed by atoms with Crippen LogP contribution in [0.2, 0.25) is 0 Å². The zero-order valence-electron chi connectivity index (χ0n) is 13.7. The van der Waals surface area contributed by atoms with E-state index < -0.39 is 11.9 Å². The maximum Gasteiger partial charge on any atom is 0.343 e. The van der Waals surface area contributed by atoms with E-state index in [1.54, 1.807) is 36.4 Å². The summed E-state index contributed by atoms with van der Waals surface area (Å²) in [5, 5.41) is 12.5. The van der Waals surface area contributed by atoms with Gasteiger partial charge in [0, 0.05) is 5.39 Å². The van der Waals surface area contributed by atoms with Crippen molar-refractivity contribution in [3.05, 3.63) is 90.0 Å². The first kappa shape index (κ1) is 15.8. The van der Waals surface area contributed by atoms with Crippen molar-refractivity contribution in [3.8, 4) is 5.75 Å². The second kappa shape index (κ2) is 6.33. The van der Waals surface area contributed by atoms with Gasteiger partial charge in [0.2, 0.25) is 0 Å². The predicted octanol–water partition coefficient (Wildman–Crippen LogP) is 4.91. The van der Waals surface area contributed by atoms with Crippen LogP contribution < -0.4 is 4.74 Å². The first-order valence-electron chi connectivity index (χ1n) is 8.09. The van der Waals surface area contributed by atoms with E-state index in [-0.39, 0.29) is 5.56 Å². The highest BCUT2D eigenvalue weighted by molar-refractivity contribution is 6.00. The first-order chi connectivity index (χ1) is 12.6. The van der Waals surface area contributed by atoms with Crippen LogP contribution in [0.25, 0.3) is 21.5 Å². The Morgan fingerprint density at radius 2 is 1.35 bits per heavy atom. The number of carbonyl (C=O) groups excluding carboxylic acids is 1. The maximum atomic E-state index is 12.6. The van der Waals surface area contributed by atoms with Crippen LogP contribution in [0.5, 0.6) is 5.75 Å². The third kappa shape index (κ3) is 2.89. The summed E-state index contributed by atoms with van der Waals surface area (Å²) in [7, 11) is 0. The molecule has 0 saturated heterocycles. The van der Waals surface area contributed by atoms with Crippen LogP contribution in [-0.4, -0.2) is 17.0 Å². The minimum atomic E-state index is -0.980. The van der Waals surface area contributed by atoms with Crippen molar-refractivity contribution in [2.75, 3.05) is 0 Å². The summed E-state index contributed by atoms with van der Waals surface area (Å²) in [5.41, 5.74) is 0.622. The third-order valence-electron chi connectivity index (χ3n) is 4.28. The van der Waals surface area contributed by atoms with Crippen molar-refractivity contribution in [2.24, 2.45) is 0 Å². The van der Waals surface area contributed by atoms with Gasteiger partial charge in [-0.2, -0.15) is 0 Å². The van der Waals surface area contributed by atoms with Gasteiger partial charge in [-0.05, 0) is 46.5 Å². The van der Waals surface area contributed by atoms with Crippen molar-refractivity contribution in [1.82, 2.24) is 0 Å². The molecule has 0 saturated carbocycles. The second-order valence-corrected chi connectivity index (χ2v) is 5.95. The van der Waals surface area contributed by atoms with E-state index in [0.29, 0.717) is 11.3 Å². The van der Waals surface area contributed by atoms with Gasteiger partial charge < -0.3 is 9.84 Å². The molecular formula is C22H14O4. The normalized spacial score (nSPS) is 10.8. The van der Waals surface area contributed by atoms with Gasteiger partial charge in [0.15, 0.2) is 0 Å². The van der Waals surface area contributed by atoms with E-state index in [2.05, 4.69) is 0 Å². The molecule has 0 unspecified atom stereocenters. The Morgan fingerprint density at radius 3 is 2.12 bits per heavy atom. The Morgan fingerprint density at radius 1 is 0.692 bits per heavy atom. The molecule has 0 aliphatic heterocycles. The second-order valence-electron chi connectivity index (χ2n) is 5.95. The minimum absolute atomic E-state index is 0.212. The average Bonchev–Trinajstić information content (AvgIpc) is 2.67. The molecule has 0 amide bonds. The van der Waals surface area contributed by atoms with Gasteiger partial charge in [0.25, 0.3) is 0 Å². The lowest BCUT2D eigenvalue weighted by atomic mass is 10.0. The van der Waals surface area contributed by atoms with Gasteiger partial charge in [-0.1, -0.05) is 48.5 Å². The Balaban J connectivity index is 1.67. The molecular weight excluding hydrogens is 328 g/mol. The monoisotopic (exact) mass is 342 g/mol. The molecule has 126 valence electrons. The van der Waals surface area contributed by atoms with E-state index in [4.69, 9.17) is 9.84 Å². The number of esters is 1. The topological polar surface area (TPSA) is 63.6 Å². The number of ether oxygens (including phenoxy) is 1. The number of rotatable bonds is 3. The fourth-order valence-corrected chi connectivity index (χ4v) is 2.95. The molecule has 0 radical (unpaired) electrons. The van der Waals surface area contributed by atoms with Crippen LogP contribution in [0.3, 0.4) is 0 Å². The van der Waals surface area contributed by atoms with Crippen LogP contribution in [0.15, 0.2) is 78.9 Å². The summed E-state index contributed by atoms with van der Waals surface area (Å²) in [6.07, 6.45) is 0.